The van der Waals surface area contributed by atoms with Crippen LogP contribution in [0.3, 0.4) is 0 Å². The summed E-state index contributed by atoms with van der Waals surface area (Å²) in [5, 5.41) is 2.98. The van der Waals surface area contributed by atoms with Gasteiger partial charge in [-0.05, 0) is 51.7 Å². The molecule has 2 fully saturated rings. The van der Waals surface area contributed by atoms with Gasteiger partial charge in [-0.15, -0.1) is 0 Å². The molecule has 22 heavy (non-hydrogen) atoms. The fourth-order valence-corrected chi connectivity index (χ4v) is 4.21. The summed E-state index contributed by atoms with van der Waals surface area (Å²) in [4.78, 5) is 14.6. The van der Waals surface area contributed by atoms with Gasteiger partial charge in [0.1, 0.15) is 0 Å². The maximum Gasteiger partial charge on any atom is 0.224 e. The highest BCUT2D eigenvalue weighted by molar-refractivity contribution is 7.88. The summed E-state index contributed by atoms with van der Waals surface area (Å²) in [6, 6.07) is 0. The molecule has 0 saturated carbocycles. The number of likely N-dealkylation sites (tertiary alicyclic amines) is 1. The third-order valence-electron chi connectivity index (χ3n) is 4.62. The summed E-state index contributed by atoms with van der Waals surface area (Å²) in [5.74, 6) is -0.189. The Morgan fingerprint density at radius 2 is 1.86 bits per heavy atom. The molecule has 1 atom stereocenters. The van der Waals surface area contributed by atoms with Crippen LogP contribution in [-0.4, -0.2) is 69.1 Å². The molecule has 2 rings (SSSR count). The Morgan fingerprint density at radius 3 is 2.55 bits per heavy atom. The zero-order valence-electron chi connectivity index (χ0n) is 13.6. The number of nitrogens with one attached hydrogen (secondary N) is 1. The number of amides is 1. The van der Waals surface area contributed by atoms with Gasteiger partial charge >= 0.3 is 0 Å². The lowest BCUT2D eigenvalue weighted by atomic mass is 9.99. The molecule has 0 aromatic heterocycles. The van der Waals surface area contributed by atoms with Gasteiger partial charge in [0.25, 0.3) is 0 Å². The van der Waals surface area contributed by atoms with Gasteiger partial charge in [0.05, 0.1) is 12.2 Å². The van der Waals surface area contributed by atoms with Crippen LogP contribution in [0.5, 0.6) is 0 Å². The largest absolute Gasteiger partial charge is 0.356 e. The van der Waals surface area contributed by atoms with E-state index in [1.165, 1.54) is 42.9 Å². The molecular weight excluding hydrogens is 302 g/mol. The molecule has 0 aliphatic carbocycles. The van der Waals surface area contributed by atoms with Crippen molar-refractivity contribution in [2.45, 2.75) is 38.5 Å². The Bertz CT molecular complexity index is 461. The van der Waals surface area contributed by atoms with Crippen LogP contribution in [0.2, 0.25) is 0 Å². The normalized spacial score (nSPS) is 25.0. The molecule has 2 saturated heterocycles. The van der Waals surface area contributed by atoms with Crippen LogP contribution in [0.4, 0.5) is 0 Å². The Labute approximate surface area is 134 Å². The van der Waals surface area contributed by atoms with Crippen LogP contribution in [-0.2, 0) is 14.8 Å². The highest BCUT2D eigenvalue weighted by Gasteiger charge is 2.29. The van der Waals surface area contributed by atoms with Crippen molar-refractivity contribution in [3.63, 3.8) is 0 Å². The Balaban J connectivity index is 1.66. The second-order valence-corrected chi connectivity index (χ2v) is 8.49. The van der Waals surface area contributed by atoms with Crippen molar-refractivity contribution >= 4 is 15.9 Å². The summed E-state index contributed by atoms with van der Waals surface area (Å²) < 4.78 is 24.6. The topological polar surface area (TPSA) is 69.7 Å². The SMILES string of the molecule is CS(=O)(=O)N1CCCC(C(=O)NCCCN2CCCCC2)C1. The number of carbonyl (C=O) groups is 1. The number of hydrogen-bond acceptors (Lipinski definition) is 4. The van der Waals surface area contributed by atoms with E-state index in [0.29, 0.717) is 19.6 Å². The van der Waals surface area contributed by atoms with Crippen molar-refractivity contribution in [2.75, 3.05) is 45.5 Å². The first kappa shape index (κ1) is 17.7. The molecule has 0 spiro atoms. The molecule has 2 heterocycles. The van der Waals surface area contributed by atoms with Gasteiger partial charge in [-0.25, -0.2) is 12.7 Å². The minimum absolute atomic E-state index is 0.00648. The van der Waals surface area contributed by atoms with Gasteiger partial charge in [0.2, 0.25) is 15.9 Å². The maximum absolute atomic E-state index is 12.2. The number of nitrogens with zero attached hydrogens (tertiary/aromatic N) is 2. The highest BCUT2D eigenvalue weighted by atomic mass is 32.2. The average Bonchev–Trinajstić information content (AvgIpc) is 2.52. The molecule has 7 heteroatoms. The summed E-state index contributed by atoms with van der Waals surface area (Å²) in [6.45, 7) is 4.96. The average molecular weight is 331 g/mol. The van der Waals surface area contributed by atoms with E-state index in [2.05, 4.69) is 10.2 Å². The van der Waals surface area contributed by atoms with E-state index in [1.807, 2.05) is 0 Å². The molecule has 1 amide bonds. The van der Waals surface area contributed by atoms with E-state index >= 15 is 0 Å². The molecule has 2 aliphatic heterocycles. The maximum atomic E-state index is 12.2. The summed E-state index contributed by atoms with van der Waals surface area (Å²) >= 11 is 0. The van der Waals surface area contributed by atoms with Crippen molar-refractivity contribution in [3.8, 4) is 0 Å². The van der Waals surface area contributed by atoms with Crippen LogP contribution in [0.25, 0.3) is 0 Å². The number of carbonyl (C=O) groups excluding carboxylic acids is 1. The van der Waals surface area contributed by atoms with Gasteiger partial charge in [0, 0.05) is 19.6 Å². The van der Waals surface area contributed by atoms with Crippen LogP contribution >= 0.6 is 0 Å². The third-order valence-corrected chi connectivity index (χ3v) is 5.89. The number of piperidine rings is 2. The van der Waals surface area contributed by atoms with E-state index in [9.17, 15) is 13.2 Å². The first-order chi connectivity index (χ1) is 10.5. The zero-order chi connectivity index (χ0) is 16.0. The summed E-state index contributed by atoms with van der Waals surface area (Å²) in [7, 11) is -3.19. The van der Waals surface area contributed by atoms with Gasteiger partial charge in [-0.1, -0.05) is 6.42 Å². The molecule has 6 nitrogen and oxygen atoms in total. The quantitative estimate of drug-likeness (QED) is 0.726. The van der Waals surface area contributed by atoms with Crippen LogP contribution < -0.4 is 5.32 Å². The molecule has 1 N–H and O–H groups in total. The monoisotopic (exact) mass is 331 g/mol. The summed E-state index contributed by atoms with van der Waals surface area (Å²) in [5.41, 5.74) is 0. The molecule has 128 valence electrons. The number of sulfonamides is 1. The first-order valence-corrected chi connectivity index (χ1v) is 10.3. The molecule has 1 unspecified atom stereocenters. The van der Waals surface area contributed by atoms with Crippen molar-refractivity contribution in [3.05, 3.63) is 0 Å². The minimum Gasteiger partial charge on any atom is -0.356 e. The number of hydrogen-bond donors (Lipinski definition) is 1. The fraction of sp³-hybridized carbons (Fsp3) is 0.933. The zero-order valence-corrected chi connectivity index (χ0v) is 14.4. The van der Waals surface area contributed by atoms with Crippen molar-refractivity contribution in [1.82, 2.24) is 14.5 Å². The molecular formula is C15H29N3O3S. The van der Waals surface area contributed by atoms with E-state index in [4.69, 9.17) is 0 Å². The van der Waals surface area contributed by atoms with Gasteiger partial charge < -0.3 is 10.2 Å². The van der Waals surface area contributed by atoms with Gasteiger partial charge in [-0.3, -0.25) is 4.79 Å². The smallest absolute Gasteiger partial charge is 0.224 e. The second kappa shape index (κ2) is 8.26. The van der Waals surface area contributed by atoms with Crippen molar-refractivity contribution in [2.24, 2.45) is 5.92 Å². The molecule has 2 aliphatic rings. The lowest BCUT2D eigenvalue weighted by Crippen LogP contribution is -2.45. The number of rotatable bonds is 6. The first-order valence-electron chi connectivity index (χ1n) is 8.42. The molecule has 0 radical (unpaired) electrons. The Kier molecular flexibility index (Phi) is 6.65. The lowest BCUT2D eigenvalue weighted by Gasteiger charge is -2.30. The van der Waals surface area contributed by atoms with Crippen molar-refractivity contribution in [1.29, 1.82) is 0 Å². The lowest BCUT2D eigenvalue weighted by molar-refractivity contribution is -0.126. The second-order valence-electron chi connectivity index (χ2n) is 6.51. The predicted molar refractivity (Wildman–Crippen MR) is 87.1 cm³/mol. The predicted octanol–water partition coefficient (Wildman–Crippen LogP) is 0.650. The van der Waals surface area contributed by atoms with Crippen LogP contribution in [0.1, 0.15) is 38.5 Å². The Morgan fingerprint density at radius 1 is 1.14 bits per heavy atom. The fourth-order valence-electron chi connectivity index (χ4n) is 3.30. The van der Waals surface area contributed by atoms with Crippen LogP contribution in [0, 0.1) is 5.92 Å². The minimum atomic E-state index is -3.19. The molecule has 0 bridgehead atoms. The summed E-state index contributed by atoms with van der Waals surface area (Å²) in [6.07, 6.45) is 7.64. The van der Waals surface area contributed by atoms with E-state index in [-0.39, 0.29) is 11.8 Å². The van der Waals surface area contributed by atoms with E-state index < -0.39 is 10.0 Å². The standard InChI is InChI=1S/C15H29N3O3S/c1-22(20,21)18-12-5-7-14(13-18)15(19)16-8-6-11-17-9-3-2-4-10-17/h14H,2-13H2,1H3,(H,16,19). The van der Waals surface area contributed by atoms with Gasteiger partial charge in [-0.2, -0.15) is 0 Å². The van der Waals surface area contributed by atoms with E-state index in [0.717, 1.165) is 25.8 Å². The van der Waals surface area contributed by atoms with Crippen molar-refractivity contribution < 1.29 is 13.2 Å². The van der Waals surface area contributed by atoms with Crippen LogP contribution in [0.15, 0.2) is 0 Å². The van der Waals surface area contributed by atoms with Gasteiger partial charge in [0.15, 0.2) is 0 Å². The third kappa shape index (κ3) is 5.52. The highest BCUT2D eigenvalue weighted by Crippen LogP contribution is 2.18. The molecule has 0 aromatic rings. The molecule has 0 aromatic carbocycles. The van der Waals surface area contributed by atoms with E-state index in [1.54, 1.807) is 0 Å². The Hall–Kier alpha value is -0.660.